The molecule has 2 rings (SSSR count). The third kappa shape index (κ3) is 2.66. The van der Waals surface area contributed by atoms with Crippen molar-refractivity contribution in [3.8, 4) is 0 Å². The minimum absolute atomic E-state index is 0.0143. The number of carbonyl (C=O) groups is 1. The first kappa shape index (κ1) is 12.9. The third-order valence-corrected chi connectivity index (χ3v) is 3.66. The maximum atomic E-state index is 12.1. The van der Waals surface area contributed by atoms with Gasteiger partial charge in [-0.2, -0.15) is 5.21 Å². The molecule has 1 aliphatic heterocycles. The zero-order valence-corrected chi connectivity index (χ0v) is 11.1. The van der Waals surface area contributed by atoms with Crippen LogP contribution in [0.15, 0.2) is 0 Å². The maximum absolute atomic E-state index is 12.1. The molecule has 0 aliphatic carbocycles. The van der Waals surface area contributed by atoms with Crippen LogP contribution < -0.4 is 5.32 Å². The van der Waals surface area contributed by atoms with Gasteiger partial charge in [-0.25, -0.2) is 0 Å². The van der Waals surface area contributed by atoms with E-state index in [9.17, 15) is 4.79 Å². The van der Waals surface area contributed by atoms with Crippen LogP contribution >= 0.6 is 0 Å². The fourth-order valence-corrected chi connectivity index (χ4v) is 2.69. The standard InChI is InChI=1S/C11H20N6O/c1-7-4-5-8(2)17(7)9(3)11(18)12-6-10-13-15-16-14-10/h7-9H,4-6H2,1-3H3,(H,12,18)(H,13,14,15,16). The zero-order valence-electron chi connectivity index (χ0n) is 11.1. The Morgan fingerprint density at radius 3 is 2.72 bits per heavy atom. The van der Waals surface area contributed by atoms with Crippen molar-refractivity contribution in [2.75, 3.05) is 0 Å². The molecule has 0 bridgehead atoms. The predicted octanol–water partition coefficient (Wildman–Crippen LogP) is 0.0772. The summed E-state index contributed by atoms with van der Waals surface area (Å²) in [7, 11) is 0. The van der Waals surface area contributed by atoms with Gasteiger partial charge in [0.2, 0.25) is 5.91 Å². The highest BCUT2D eigenvalue weighted by molar-refractivity contribution is 5.81. The van der Waals surface area contributed by atoms with Crippen molar-refractivity contribution in [3.63, 3.8) is 0 Å². The Kier molecular flexibility index (Phi) is 3.90. The van der Waals surface area contributed by atoms with E-state index in [2.05, 4.69) is 44.7 Å². The average molecular weight is 252 g/mol. The number of carbonyl (C=O) groups excluding carboxylic acids is 1. The lowest BCUT2D eigenvalue weighted by Crippen LogP contribution is -2.49. The van der Waals surface area contributed by atoms with Gasteiger partial charge in [0.25, 0.3) is 0 Å². The van der Waals surface area contributed by atoms with Crippen molar-refractivity contribution in [1.29, 1.82) is 0 Å². The number of likely N-dealkylation sites (tertiary alicyclic amines) is 1. The van der Waals surface area contributed by atoms with E-state index in [1.807, 2.05) is 6.92 Å². The van der Waals surface area contributed by atoms with Crippen LogP contribution in [0.25, 0.3) is 0 Å². The summed E-state index contributed by atoms with van der Waals surface area (Å²) in [6, 6.07) is 0.807. The van der Waals surface area contributed by atoms with Gasteiger partial charge < -0.3 is 5.32 Å². The van der Waals surface area contributed by atoms with Crippen LogP contribution in [-0.2, 0) is 11.3 Å². The normalized spacial score (nSPS) is 26.2. The molecule has 1 amide bonds. The number of aromatic nitrogens is 4. The number of aromatic amines is 1. The quantitative estimate of drug-likeness (QED) is 0.792. The Morgan fingerprint density at radius 1 is 1.50 bits per heavy atom. The van der Waals surface area contributed by atoms with Crippen LogP contribution in [0.3, 0.4) is 0 Å². The molecule has 7 heteroatoms. The van der Waals surface area contributed by atoms with Gasteiger partial charge in [0.1, 0.15) is 0 Å². The van der Waals surface area contributed by atoms with Crippen LogP contribution in [0.5, 0.6) is 0 Å². The molecule has 2 N–H and O–H groups in total. The van der Waals surface area contributed by atoms with Crippen LogP contribution in [0.1, 0.15) is 39.4 Å². The predicted molar refractivity (Wildman–Crippen MR) is 65.5 cm³/mol. The van der Waals surface area contributed by atoms with Gasteiger partial charge >= 0.3 is 0 Å². The van der Waals surface area contributed by atoms with Gasteiger partial charge in [-0.15, -0.1) is 10.2 Å². The van der Waals surface area contributed by atoms with Gasteiger partial charge in [-0.05, 0) is 33.6 Å². The smallest absolute Gasteiger partial charge is 0.237 e. The SMILES string of the molecule is CC1CCC(C)N1C(C)C(=O)NCc1nn[nH]n1. The number of H-pyrrole nitrogens is 1. The largest absolute Gasteiger partial charge is 0.347 e. The molecule has 3 atom stereocenters. The first-order valence-electron chi connectivity index (χ1n) is 6.37. The Morgan fingerprint density at radius 2 is 2.17 bits per heavy atom. The molecule has 7 nitrogen and oxygen atoms in total. The fourth-order valence-electron chi connectivity index (χ4n) is 2.69. The minimum atomic E-state index is -0.121. The van der Waals surface area contributed by atoms with Crippen molar-refractivity contribution >= 4 is 5.91 Å². The number of amides is 1. The molecule has 0 saturated carbocycles. The summed E-state index contributed by atoms with van der Waals surface area (Å²) >= 11 is 0. The van der Waals surface area contributed by atoms with Crippen LogP contribution in [0, 0.1) is 0 Å². The molecule has 100 valence electrons. The molecular formula is C11H20N6O. The van der Waals surface area contributed by atoms with E-state index in [0.717, 1.165) is 12.8 Å². The van der Waals surface area contributed by atoms with Crippen LogP contribution in [-0.4, -0.2) is 49.6 Å². The Balaban J connectivity index is 1.88. The summed E-state index contributed by atoms with van der Waals surface area (Å²) in [5, 5.41) is 16.2. The molecule has 18 heavy (non-hydrogen) atoms. The Hall–Kier alpha value is -1.50. The molecule has 0 radical (unpaired) electrons. The van der Waals surface area contributed by atoms with Gasteiger partial charge in [-0.3, -0.25) is 9.69 Å². The molecular weight excluding hydrogens is 232 g/mol. The van der Waals surface area contributed by atoms with E-state index in [1.165, 1.54) is 0 Å². The lowest BCUT2D eigenvalue weighted by Gasteiger charge is -2.31. The molecule has 3 unspecified atom stereocenters. The van der Waals surface area contributed by atoms with E-state index >= 15 is 0 Å². The summed E-state index contributed by atoms with van der Waals surface area (Å²) in [6.45, 7) is 6.61. The third-order valence-electron chi connectivity index (χ3n) is 3.66. The summed E-state index contributed by atoms with van der Waals surface area (Å²) in [5.74, 6) is 0.512. The second-order valence-corrected chi connectivity index (χ2v) is 4.94. The topological polar surface area (TPSA) is 86.8 Å². The van der Waals surface area contributed by atoms with Crippen molar-refractivity contribution in [1.82, 2.24) is 30.8 Å². The monoisotopic (exact) mass is 252 g/mol. The molecule has 0 aromatic carbocycles. The molecule has 1 aliphatic rings. The molecule has 1 aromatic rings. The molecule has 0 spiro atoms. The highest BCUT2D eigenvalue weighted by Gasteiger charge is 2.34. The van der Waals surface area contributed by atoms with Crippen LogP contribution in [0.2, 0.25) is 0 Å². The summed E-state index contributed by atoms with van der Waals surface area (Å²) in [4.78, 5) is 14.3. The number of nitrogens with zero attached hydrogens (tertiary/aromatic N) is 4. The number of nitrogens with one attached hydrogen (secondary N) is 2. The van der Waals surface area contributed by atoms with Gasteiger partial charge in [0, 0.05) is 12.1 Å². The van der Waals surface area contributed by atoms with Crippen molar-refractivity contribution < 1.29 is 4.79 Å². The van der Waals surface area contributed by atoms with Gasteiger partial charge in [0.15, 0.2) is 5.82 Å². The first-order valence-corrected chi connectivity index (χ1v) is 6.37. The number of tetrazole rings is 1. The van der Waals surface area contributed by atoms with Crippen molar-refractivity contribution in [3.05, 3.63) is 5.82 Å². The summed E-state index contributed by atoms with van der Waals surface area (Å²) < 4.78 is 0. The minimum Gasteiger partial charge on any atom is -0.347 e. The highest BCUT2D eigenvalue weighted by atomic mass is 16.2. The Bertz CT molecular complexity index is 382. The van der Waals surface area contributed by atoms with Crippen molar-refractivity contribution in [2.24, 2.45) is 0 Å². The van der Waals surface area contributed by atoms with Crippen LogP contribution in [0.4, 0.5) is 0 Å². The van der Waals surface area contributed by atoms with Gasteiger partial charge in [-0.1, -0.05) is 5.21 Å². The second-order valence-electron chi connectivity index (χ2n) is 4.94. The summed E-state index contributed by atoms with van der Waals surface area (Å²) in [5.41, 5.74) is 0. The average Bonchev–Trinajstić information content (AvgIpc) is 2.96. The van der Waals surface area contributed by atoms with E-state index in [-0.39, 0.29) is 11.9 Å². The van der Waals surface area contributed by atoms with Gasteiger partial charge in [0.05, 0.1) is 12.6 Å². The lowest BCUT2D eigenvalue weighted by molar-refractivity contribution is -0.127. The number of hydrogen-bond donors (Lipinski definition) is 2. The molecule has 2 heterocycles. The number of hydrogen-bond acceptors (Lipinski definition) is 5. The van der Waals surface area contributed by atoms with E-state index < -0.39 is 0 Å². The maximum Gasteiger partial charge on any atom is 0.237 e. The fraction of sp³-hybridized carbons (Fsp3) is 0.818. The summed E-state index contributed by atoms with van der Waals surface area (Å²) in [6.07, 6.45) is 2.31. The zero-order chi connectivity index (χ0) is 13.1. The molecule has 1 saturated heterocycles. The number of rotatable bonds is 4. The highest BCUT2D eigenvalue weighted by Crippen LogP contribution is 2.25. The second kappa shape index (κ2) is 5.43. The molecule has 1 aromatic heterocycles. The lowest BCUT2D eigenvalue weighted by atomic mass is 10.2. The van der Waals surface area contributed by atoms with E-state index in [1.54, 1.807) is 0 Å². The van der Waals surface area contributed by atoms with E-state index in [4.69, 9.17) is 0 Å². The van der Waals surface area contributed by atoms with Crippen molar-refractivity contribution in [2.45, 2.75) is 58.3 Å². The van der Waals surface area contributed by atoms with E-state index in [0.29, 0.717) is 24.5 Å². The first-order chi connectivity index (χ1) is 8.59. The molecule has 1 fully saturated rings. The Labute approximate surface area is 106 Å².